The number of furan rings is 1. The molecule has 1 aliphatic heterocycles. The average Bonchev–Trinajstić information content (AvgIpc) is 3.25. The summed E-state index contributed by atoms with van der Waals surface area (Å²) in [6.45, 7) is 0.00880. The molecular weight excluding hydrogens is 550 g/mol. The second kappa shape index (κ2) is 15.1. The molecule has 1 saturated heterocycles. The third-order valence-corrected chi connectivity index (χ3v) is 6.52. The molecule has 17 heteroatoms. The molecule has 1 fully saturated rings. The fraction of sp³-hybridized carbons (Fsp3) is 0.619. The fourth-order valence-corrected chi connectivity index (χ4v) is 4.48. The van der Waals surface area contributed by atoms with Gasteiger partial charge in [0.25, 0.3) is 12.1 Å². The summed E-state index contributed by atoms with van der Waals surface area (Å²) in [5, 5.41) is 58.1. The molecule has 2 heterocycles. The first-order chi connectivity index (χ1) is 17.4. The number of likely N-dealkylation sites (N-methyl/N-ethyl adjacent to an activating group) is 1. The van der Waals surface area contributed by atoms with Crippen LogP contribution in [-0.4, -0.2) is 112 Å². The highest BCUT2D eigenvalue weighted by atomic mass is 35.5. The van der Waals surface area contributed by atoms with Crippen molar-refractivity contribution in [1.29, 1.82) is 0 Å². The summed E-state index contributed by atoms with van der Waals surface area (Å²) in [7, 11) is 4.95. The number of nitrogens with one attached hydrogen (secondary N) is 3. The van der Waals surface area contributed by atoms with E-state index in [1.165, 1.54) is 0 Å². The monoisotopic (exact) mass is 583 g/mol. The van der Waals surface area contributed by atoms with E-state index in [2.05, 4.69) is 16.0 Å². The fourth-order valence-electron chi connectivity index (χ4n) is 3.73. The molecule has 0 spiro atoms. The minimum absolute atomic E-state index is 0. The van der Waals surface area contributed by atoms with Gasteiger partial charge in [-0.05, 0) is 12.1 Å². The van der Waals surface area contributed by atoms with E-state index < -0.39 is 54.0 Å². The van der Waals surface area contributed by atoms with Gasteiger partial charge in [0.1, 0.15) is 31.1 Å². The highest BCUT2D eigenvalue weighted by molar-refractivity contribution is 7.98. The molecule has 5 atom stereocenters. The number of ether oxygens (including phenoxy) is 1. The number of quaternary nitrogens is 1. The Bertz CT molecular complexity index is 978. The van der Waals surface area contributed by atoms with Crippen LogP contribution in [0, 0.1) is 10.1 Å². The van der Waals surface area contributed by atoms with Gasteiger partial charge in [0.15, 0.2) is 23.8 Å². The molecule has 1 amide bonds. The van der Waals surface area contributed by atoms with Crippen LogP contribution in [-0.2, 0) is 26.6 Å². The van der Waals surface area contributed by atoms with E-state index in [9.17, 15) is 35.0 Å². The number of nitrogens with zero attached hydrogens (tertiary/aromatic N) is 2. The molecule has 0 aromatic carbocycles. The van der Waals surface area contributed by atoms with Crippen LogP contribution in [0.3, 0.4) is 0 Å². The molecule has 1 aromatic rings. The summed E-state index contributed by atoms with van der Waals surface area (Å²) < 4.78 is 11.5. The van der Waals surface area contributed by atoms with Crippen molar-refractivity contribution in [3.63, 3.8) is 0 Å². The number of hydrogen-bond donors (Lipinski definition) is 7. The lowest BCUT2D eigenvalue weighted by Gasteiger charge is -2.46. The van der Waals surface area contributed by atoms with Gasteiger partial charge in [0.05, 0.1) is 24.8 Å². The number of nitro groups is 1. The topological polar surface area (TPSA) is 217 Å². The lowest BCUT2D eigenvalue weighted by molar-refractivity contribution is -0.957. The van der Waals surface area contributed by atoms with Crippen LogP contribution in [0.2, 0.25) is 0 Å². The molecule has 0 bridgehead atoms. The smallest absolute Gasteiger partial charge is 0.322 e. The Morgan fingerprint density at radius 1 is 1.16 bits per heavy atom. The molecule has 0 aliphatic carbocycles. The minimum Gasteiger partial charge on any atom is -1.00 e. The first-order valence-corrected chi connectivity index (χ1v) is 12.4. The number of halogens is 1. The average molecular weight is 584 g/mol. The van der Waals surface area contributed by atoms with E-state index in [-0.39, 0.29) is 23.4 Å². The largest absolute Gasteiger partial charge is 1.00 e. The Morgan fingerprint density at radius 2 is 1.82 bits per heavy atom. The van der Waals surface area contributed by atoms with Gasteiger partial charge >= 0.3 is 5.97 Å². The molecular formula is C21H34ClN5O10S. The number of thioether (sulfide) groups is 1. The maximum absolute atomic E-state index is 12.3. The number of carboxylic acids is 1. The number of rotatable bonds is 14. The standard InChI is InChI=1S/C21H33N5O10S.ClH/c1-22-14(9-25(33)34)23-6-7-37-11-13-5-4-12(35-13)10-26(2,3)21-18(31)16(29)17(30)19(36-21)20(32)24-8-15(27)28;/h4-5,9,16-19,21-23,29-31H,6-8,10-11H2,1-3H3,(H-,24,27,28,32);1H. The van der Waals surface area contributed by atoms with Gasteiger partial charge < -0.3 is 57.9 Å². The molecule has 1 aromatic heterocycles. The molecule has 5 unspecified atom stereocenters. The van der Waals surface area contributed by atoms with E-state index in [4.69, 9.17) is 14.3 Å². The molecule has 38 heavy (non-hydrogen) atoms. The number of carboxylic acid groups (broad SMARTS) is 1. The van der Waals surface area contributed by atoms with E-state index in [0.717, 1.165) is 6.20 Å². The van der Waals surface area contributed by atoms with Crippen LogP contribution in [0.25, 0.3) is 0 Å². The Kier molecular flexibility index (Phi) is 13.3. The van der Waals surface area contributed by atoms with Gasteiger partial charge in [0, 0.05) is 19.3 Å². The Morgan fingerprint density at radius 3 is 2.42 bits per heavy atom. The van der Waals surface area contributed by atoms with Gasteiger partial charge in [-0.3, -0.25) is 24.2 Å². The zero-order chi connectivity index (χ0) is 27.8. The van der Waals surface area contributed by atoms with Crippen molar-refractivity contribution in [2.75, 3.05) is 40.0 Å². The number of carbonyl (C=O) groups is 2. The summed E-state index contributed by atoms with van der Waals surface area (Å²) in [6.07, 6.45) is -6.85. The highest BCUT2D eigenvalue weighted by Crippen LogP contribution is 2.29. The van der Waals surface area contributed by atoms with Crippen molar-refractivity contribution in [3.05, 3.63) is 45.8 Å². The van der Waals surface area contributed by atoms with Crippen LogP contribution in [0.15, 0.2) is 28.6 Å². The number of amides is 1. The number of carbonyl (C=O) groups excluding carboxylic acids is 1. The van der Waals surface area contributed by atoms with Crippen LogP contribution in [0.5, 0.6) is 0 Å². The minimum atomic E-state index is -1.75. The van der Waals surface area contributed by atoms with Crippen LogP contribution in [0.4, 0.5) is 0 Å². The molecule has 216 valence electrons. The molecule has 1 aliphatic rings. The lowest BCUT2D eigenvalue weighted by atomic mass is 9.96. The Labute approximate surface area is 229 Å². The van der Waals surface area contributed by atoms with E-state index in [0.29, 0.717) is 35.4 Å². The second-order valence-corrected chi connectivity index (χ2v) is 10.00. The maximum atomic E-state index is 12.3. The summed E-state index contributed by atoms with van der Waals surface area (Å²) in [6, 6.07) is 3.55. The van der Waals surface area contributed by atoms with Crippen molar-refractivity contribution in [2.24, 2.45) is 0 Å². The van der Waals surface area contributed by atoms with Gasteiger partial charge in [-0.25, -0.2) is 0 Å². The zero-order valence-electron chi connectivity index (χ0n) is 21.1. The zero-order valence-corrected chi connectivity index (χ0v) is 22.6. The first kappa shape index (κ1) is 33.4. The summed E-state index contributed by atoms with van der Waals surface area (Å²) in [4.78, 5) is 33.0. The third-order valence-electron chi connectivity index (χ3n) is 5.54. The lowest BCUT2D eigenvalue weighted by Crippen LogP contribution is -3.00. The molecule has 0 radical (unpaired) electrons. The molecule has 7 N–H and O–H groups in total. The molecule has 2 rings (SSSR count). The predicted octanol–water partition coefficient (Wildman–Crippen LogP) is -5.01. The van der Waals surface area contributed by atoms with Crippen molar-refractivity contribution in [3.8, 4) is 0 Å². The summed E-state index contributed by atoms with van der Waals surface area (Å²) in [5.74, 6) is 0.522. The number of aliphatic hydroxyl groups is 3. The first-order valence-electron chi connectivity index (χ1n) is 11.3. The number of aliphatic hydroxyl groups excluding tert-OH is 3. The third kappa shape index (κ3) is 9.61. The van der Waals surface area contributed by atoms with Crippen molar-refractivity contribution in [1.82, 2.24) is 16.0 Å². The van der Waals surface area contributed by atoms with Crippen LogP contribution >= 0.6 is 11.8 Å². The molecule has 15 nitrogen and oxygen atoms in total. The van der Waals surface area contributed by atoms with Crippen LogP contribution < -0.4 is 28.4 Å². The van der Waals surface area contributed by atoms with E-state index in [1.807, 2.05) is 0 Å². The van der Waals surface area contributed by atoms with Crippen molar-refractivity contribution < 1.29 is 61.0 Å². The van der Waals surface area contributed by atoms with Gasteiger partial charge in [0.2, 0.25) is 6.23 Å². The number of hydrogen-bond acceptors (Lipinski definition) is 12. The number of aliphatic carboxylic acids is 1. The second-order valence-electron chi connectivity index (χ2n) is 8.89. The van der Waals surface area contributed by atoms with E-state index >= 15 is 0 Å². The highest BCUT2D eigenvalue weighted by Gasteiger charge is 2.52. The summed E-state index contributed by atoms with van der Waals surface area (Å²) in [5.41, 5.74) is 0. The van der Waals surface area contributed by atoms with Gasteiger partial charge in [-0.1, -0.05) is 0 Å². The Hall–Kier alpha value is -2.60. The maximum Gasteiger partial charge on any atom is 0.322 e. The van der Waals surface area contributed by atoms with Gasteiger partial charge in [-0.2, -0.15) is 11.8 Å². The normalized spacial score (nSPS) is 23.7. The molecule has 0 saturated carbocycles. The summed E-state index contributed by atoms with van der Waals surface area (Å²) >= 11 is 1.55. The SMILES string of the molecule is CNC(=C[N+](=O)[O-])NCCSCc1ccc(C[N+](C)(C)C2OC(C(=O)NCC(=O)O)C(O)C(O)C2O)o1.[Cl-]. The van der Waals surface area contributed by atoms with Crippen LogP contribution in [0.1, 0.15) is 11.5 Å². The quantitative estimate of drug-likeness (QED) is 0.0473. The van der Waals surface area contributed by atoms with E-state index in [1.54, 1.807) is 45.0 Å². The van der Waals surface area contributed by atoms with Crippen molar-refractivity contribution in [2.45, 2.75) is 42.9 Å². The Balaban J connectivity index is 0.00000722. The predicted molar refractivity (Wildman–Crippen MR) is 130 cm³/mol. The van der Waals surface area contributed by atoms with Gasteiger partial charge in [-0.15, -0.1) is 0 Å². The van der Waals surface area contributed by atoms with Crippen molar-refractivity contribution >= 4 is 23.6 Å².